The maximum Gasteiger partial charge on any atom is 0.219 e. The molecule has 1 atom stereocenters. The van der Waals surface area contributed by atoms with Crippen molar-refractivity contribution in [3.8, 4) is 5.88 Å². The van der Waals surface area contributed by atoms with Crippen LogP contribution in [0, 0.1) is 11.6 Å². The molecular weight excluding hydrogens is 240 g/mol. The Morgan fingerprint density at radius 1 is 1.22 bits per heavy atom. The van der Waals surface area contributed by atoms with Crippen molar-refractivity contribution < 1.29 is 18.6 Å². The molecule has 0 aliphatic rings. The number of rotatable bonds is 3. The predicted molar refractivity (Wildman–Crippen MR) is 61.2 cm³/mol. The summed E-state index contributed by atoms with van der Waals surface area (Å²) in [6.07, 6.45) is 0.306. The maximum absolute atomic E-state index is 13.1. The Morgan fingerprint density at radius 2 is 1.89 bits per heavy atom. The van der Waals surface area contributed by atoms with Crippen LogP contribution in [0.25, 0.3) is 0 Å². The molecule has 0 spiro atoms. The van der Waals surface area contributed by atoms with E-state index in [9.17, 15) is 13.9 Å². The maximum atomic E-state index is 13.1. The fourth-order valence-corrected chi connectivity index (χ4v) is 1.69. The molecule has 94 valence electrons. The van der Waals surface area contributed by atoms with Gasteiger partial charge in [0.2, 0.25) is 5.88 Å². The number of nitrogens with zero attached hydrogens (tertiary/aromatic N) is 1. The number of methoxy groups -OCH3 is 1. The molecule has 18 heavy (non-hydrogen) atoms. The zero-order valence-electron chi connectivity index (χ0n) is 9.60. The van der Waals surface area contributed by atoms with Gasteiger partial charge >= 0.3 is 0 Å². The van der Waals surface area contributed by atoms with Crippen molar-refractivity contribution in [3.05, 3.63) is 59.3 Å². The molecule has 2 rings (SSSR count). The van der Waals surface area contributed by atoms with Crippen LogP contribution in [0.3, 0.4) is 0 Å². The van der Waals surface area contributed by atoms with Crippen LogP contribution in [0.5, 0.6) is 5.88 Å². The number of aliphatic hydroxyl groups is 1. The van der Waals surface area contributed by atoms with Gasteiger partial charge in [-0.05, 0) is 29.8 Å². The number of aromatic nitrogens is 1. The van der Waals surface area contributed by atoms with Crippen molar-refractivity contribution in [1.29, 1.82) is 0 Å². The molecule has 1 aromatic carbocycles. The number of halogens is 2. The summed E-state index contributed by atoms with van der Waals surface area (Å²) in [7, 11) is 1.41. The first-order chi connectivity index (χ1) is 8.61. The normalized spacial score (nSPS) is 12.2. The average molecular weight is 251 g/mol. The van der Waals surface area contributed by atoms with Crippen molar-refractivity contribution >= 4 is 0 Å². The SMILES string of the molecule is COc1ncccc1C(O)c1cc(F)cc(F)c1. The van der Waals surface area contributed by atoms with Gasteiger partial charge in [-0.1, -0.05) is 0 Å². The highest BCUT2D eigenvalue weighted by atomic mass is 19.1. The molecule has 2 aromatic rings. The molecule has 0 aliphatic heterocycles. The number of hydrogen-bond donors (Lipinski definition) is 1. The minimum atomic E-state index is -1.20. The largest absolute Gasteiger partial charge is 0.481 e. The molecule has 1 N–H and O–H groups in total. The third-order valence-corrected chi connectivity index (χ3v) is 2.49. The lowest BCUT2D eigenvalue weighted by atomic mass is 10.0. The van der Waals surface area contributed by atoms with E-state index < -0.39 is 17.7 Å². The second-order valence-corrected chi connectivity index (χ2v) is 3.71. The van der Waals surface area contributed by atoms with Crippen molar-refractivity contribution in [2.45, 2.75) is 6.10 Å². The van der Waals surface area contributed by atoms with E-state index in [1.165, 1.54) is 13.3 Å². The van der Waals surface area contributed by atoms with E-state index >= 15 is 0 Å². The van der Waals surface area contributed by atoms with Gasteiger partial charge in [0.25, 0.3) is 0 Å². The molecule has 0 amide bonds. The molecule has 5 heteroatoms. The van der Waals surface area contributed by atoms with Gasteiger partial charge in [0.1, 0.15) is 17.7 Å². The van der Waals surface area contributed by atoms with Crippen molar-refractivity contribution in [2.24, 2.45) is 0 Å². The molecule has 0 aliphatic carbocycles. The smallest absolute Gasteiger partial charge is 0.219 e. The Hall–Kier alpha value is -2.01. The number of aliphatic hydroxyl groups excluding tert-OH is 1. The van der Waals surface area contributed by atoms with Gasteiger partial charge in [-0.15, -0.1) is 0 Å². The summed E-state index contributed by atoms with van der Waals surface area (Å²) in [5, 5.41) is 10.1. The minimum Gasteiger partial charge on any atom is -0.481 e. The predicted octanol–water partition coefficient (Wildman–Crippen LogP) is 2.45. The van der Waals surface area contributed by atoms with Crippen LogP contribution in [-0.4, -0.2) is 17.2 Å². The minimum absolute atomic E-state index is 0.110. The van der Waals surface area contributed by atoms with Crippen molar-refractivity contribution in [2.75, 3.05) is 7.11 Å². The number of ether oxygens (including phenoxy) is 1. The van der Waals surface area contributed by atoms with E-state index in [1.807, 2.05) is 0 Å². The van der Waals surface area contributed by atoms with Gasteiger partial charge in [0.05, 0.1) is 7.11 Å². The molecule has 1 aromatic heterocycles. The van der Waals surface area contributed by atoms with Gasteiger partial charge in [0.15, 0.2) is 0 Å². The Balaban J connectivity index is 2.44. The quantitative estimate of drug-likeness (QED) is 0.911. The first-order valence-electron chi connectivity index (χ1n) is 5.25. The second-order valence-electron chi connectivity index (χ2n) is 3.71. The van der Waals surface area contributed by atoms with Gasteiger partial charge in [-0.25, -0.2) is 13.8 Å². The van der Waals surface area contributed by atoms with E-state index in [1.54, 1.807) is 12.1 Å². The monoisotopic (exact) mass is 251 g/mol. The van der Waals surface area contributed by atoms with Crippen LogP contribution < -0.4 is 4.74 Å². The lowest BCUT2D eigenvalue weighted by Crippen LogP contribution is -2.04. The Morgan fingerprint density at radius 3 is 2.50 bits per heavy atom. The van der Waals surface area contributed by atoms with Crippen LogP contribution in [0.1, 0.15) is 17.2 Å². The topological polar surface area (TPSA) is 42.4 Å². The summed E-state index contributed by atoms with van der Waals surface area (Å²) >= 11 is 0. The van der Waals surface area contributed by atoms with E-state index in [0.717, 1.165) is 18.2 Å². The number of benzene rings is 1. The highest BCUT2D eigenvalue weighted by molar-refractivity contribution is 5.35. The molecule has 1 unspecified atom stereocenters. The summed E-state index contributed by atoms with van der Waals surface area (Å²) in [6.45, 7) is 0. The van der Waals surface area contributed by atoms with Crippen LogP contribution in [0.2, 0.25) is 0 Å². The molecule has 1 heterocycles. The molecule has 0 fully saturated rings. The van der Waals surface area contributed by atoms with Crippen LogP contribution in [0.4, 0.5) is 8.78 Å². The van der Waals surface area contributed by atoms with Crippen LogP contribution in [0.15, 0.2) is 36.5 Å². The first kappa shape index (κ1) is 12.4. The lowest BCUT2D eigenvalue weighted by Gasteiger charge is -2.14. The lowest BCUT2D eigenvalue weighted by molar-refractivity contribution is 0.212. The molecule has 3 nitrogen and oxygen atoms in total. The van der Waals surface area contributed by atoms with Crippen LogP contribution >= 0.6 is 0 Å². The van der Waals surface area contributed by atoms with Gasteiger partial charge in [-0.3, -0.25) is 0 Å². The van der Waals surface area contributed by atoms with Crippen molar-refractivity contribution in [3.63, 3.8) is 0 Å². The van der Waals surface area contributed by atoms with Crippen LogP contribution in [-0.2, 0) is 0 Å². The number of hydrogen-bond acceptors (Lipinski definition) is 3. The average Bonchev–Trinajstić information content (AvgIpc) is 2.36. The third kappa shape index (κ3) is 2.46. The van der Waals surface area contributed by atoms with E-state index in [4.69, 9.17) is 4.74 Å². The zero-order chi connectivity index (χ0) is 13.1. The molecule has 0 bridgehead atoms. The van der Waals surface area contributed by atoms with Gasteiger partial charge < -0.3 is 9.84 Å². The summed E-state index contributed by atoms with van der Waals surface area (Å²) in [5.41, 5.74) is 0.462. The first-order valence-corrected chi connectivity index (χ1v) is 5.25. The summed E-state index contributed by atoms with van der Waals surface area (Å²) in [5.74, 6) is -1.27. The number of pyridine rings is 1. The zero-order valence-corrected chi connectivity index (χ0v) is 9.60. The van der Waals surface area contributed by atoms with Crippen molar-refractivity contribution in [1.82, 2.24) is 4.98 Å². The molecule has 0 saturated carbocycles. The highest BCUT2D eigenvalue weighted by Gasteiger charge is 2.17. The summed E-state index contributed by atoms with van der Waals surface area (Å²) in [6, 6.07) is 6.08. The summed E-state index contributed by atoms with van der Waals surface area (Å²) < 4.78 is 31.2. The Kier molecular flexibility index (Phi) is 3.53. The second kappa shape index (κ2) is 5.10. The molecule has 0 radical (unpaired) electrons. The fraction of sp³-hybridized carbons (Fsp3) is 0.154. The molecule has 0 saturated heterocycles. The van der Waals surface area contributed by atoms with E-state index in [-0.39, 0.29) is 11.4 Å². The molecular formula is C13H11F2NO2. The van der Waals surface area contributed by atoms with Gasteiger partial charge in [-0.2, -0.15) is 0 Å². The van der Waals surface area contributed by atoms with Gasteiger partial charge in [0, 0.05) is 17.8 Å². The van der Waals surface area contributed by atoms with E-state index in [2.05, 4.69) is 4.98 Å². The highest BCUT2D eigenvalue weighted by Crippen LogP contribution is 2.28. The fourth-order valence-electron chi connectivity index (χ4n) is 1.69. The summed E-state index contributed by atoms with van der Waals surface area (Å²) in [4.78, 5) is 3.92. The third-order valence-electron chi connectivity index (χ3n) is 2.49. The van der Waals surface area contributed by atoms with E-state index in [0.29, 0.717) is 5.56 Å². The Bertz CT molecular complexity index is 540. The Labute approximate surface area is 103 Å². The standard InChI is InChI=1S/C13H11F2NO2/c1-18-13-11(3-2-4-16-13)12(17)8-5-9(14)7-10(15)6-8/h2-7,12,17H,1H3.